The molecule has 0 aromatic heterocycles. The highest BCUT2D eigenvalue weighted by Crippen LogP contribution is 2.32. The Morgan fingerprint density at radius 1 is 1.44 bits per heavy atom. The zero-order valence-corrected chi connectivity index (χ0v) is 11.0. The van der Waals surface area contributed by atoms with Crippen molar-refractivity contribution in [2.75, 3.05) is 23.3 Å². The number of halogens is 1. The summed E-state index contributed by atoms with van der Waals surface area (Å²) in [6.45, 7) is 2.84. The molecule has 0 saturated heterocycles. The van der Waals surface area contributed by atoms with Crippen LogP contribution < -0.4 is 16.0 Å². The van der Waals surface area contributed by atoms with E-state index in [4.69, 9.17) is 17.3 Å². The third kappa shape index (κ3) is 2.35. The number of hydrogen-bond donors (Lipinski definition) is 2. The number of carbonyl (C=O) groups excluding carboxylic acids is 1. The van der Waals surface area contributed by atoms with Gasteiger partial charge < -0.3 is 16.0 Å². The van der Waals surface area contributed by atoms with E-state index in [0.29, 0.717) is 24.5 Å². The highest BCUT2D eigenvalue weighted by molar-refractivity contribution is 6.31. The minimum atomic E-state index is -0.0172. The van der Waals surface area contributed by atoms with E-state index in [2.05, 4.69) is 5.32 Å². The van der Waals surface area contributed by atoms with Crippen molar-refractivity contribution in [1.29, 1.82) is 0 Å². The summed E-state index contributed by atoms with van der Waals surface area (Å²) in [5.41, 5.74) is 7.96. The van der Waals surface area contributed by atoms with Gasteiger partial charge >= 0.3 is 0 Å². The molecule has 0 bridgehead atoms. The van der Waals surface area contributed by atoms with E-state index in [-0.39, 0.29) is 5.91 Å². The number of benzene rings is 1. The summed E-state index contributed by atoms with van der Waals surface area (Å²) in [5.74, 6) is -0.0172. The van der Waals surface area contributed by atoms with Crippen molar-refractivity contribution >= 4 is 28.9 Å². The lowest BCUT2D eigenvalue weighted by molar-refractivity contribution is -0.115. The Bertz CT molecular complexity index is 499. The maximum atomic E-state index is 12.4. The molecule has 1 aliphatic rings. The molecule has 3 N–H and O–H groups in total. The smallest absolute Gasteiger partial charge is 0.255 e. The lowest BCUT2D eigenvalue weighted by Crippen LogP contribution is -2.35. The molecule has 0 spiro atoms. The zero-order valence-electron chi connectivity index (χ0n) is 10.2. The Morgan fingerprint density at radius 2 is 2.22 bits per heavy atom. The third-order valence-corrected chi connectivity index (χ3v) is 3.14. The Balaban J connectivity index is 2.49. The number of hydrogen-bond acceptors (Lipinski definition) is 3. The normalized spacial score (nSPS) is 14.7. The molecule has 0 fully saturated rings. The zero-order chi connectivity index (χ0) is 13.1. The molecular weight excluding hydrogens is 250 g/mol. The fraction of sp³-hybridized carbons (Fsp3) is 0.308. The van der Waals surface area contributed by atoms with Crippen LogP contribution in [0.5, 0.6) is 0 Å². The second-order valence-corrected chi connectivity index (χ2v) is 4.51. The number of nitrogens with zero attached hydrogens (tertiary/aromatic N) is 1. The Morgan fingerprint density at radius 3 is 2.89 bits per heavy atom. The molecule has 4 nitrogen and oxygen atoms in total. The SMILES string of the molecule is CCC1=CNc2ccc(Cl)cc2N(CCN)C1=O. The van der Waals surface area contributed by atoms with Gasteiger partial charge in [0.1, 0.15) is 0 Å². The van der Waals surface area contributed by atoms with Gasteiger partial charge in [0.25, 0.3) is 5.91 Å². The van der Waals surface area contributed by atoms with Gasteiger partial charge in [0.15, 0.2) is 0 Å². The number of nitrogens with one attached hydrogen (secondary N) is 1. The summed E-state index contributed by atoms with van der Waals surface area (Å²) < 4.78 is 0. The summed E-state index contributed by atoms with van der Waals surface area (Å²) in [7, 11) is 0. The van der Waals surface area contributed by atoms with Gasteiger partial charge in [-0.15, -0.1) is 0 Å². The maximum absolute atomic E-state index is 12.4. The number of carbonyl (C=O) groups is 1. The predicted molar refractivity (Wildman–Crippen MR) is 74.9 cm³/mol. The topological polar surface area (TPSA) is 58.4 Å². The van der Waals surface area contributed by atoms with Gasteiger partial charge in [-0.05, 0) is 24.6 Å². The summed E-state index contributed by atoms with van der Waals surface area (Å²) >= 11 is 6.00. The van der Waals surface area contributed by atoms with Gasteiger partial charge in [-0.2, -0.15) is 0 Å². The maximum Gasteiger partial charge on any atom is 0.255 e. The Kier molecular flexibility index (Phi) is 3.89. The second-order valence-electron chi connectivity index (χ2n) is 4.07. The number of amides is 1. The molecule has 1 aliphatic heterocycles. The van der Waals surface area contributed by atoms with E-state index in [1.807, 2.05) is 13.0 Å². The van der Waals surface area contributed by atoms with Crippen molar-refractivity contribution in [2.45, 2.75) is 13.3 Å². The average molecular weight is 266 g/mol. The van der Waals surface area contributed by atoms with Gasteiger partial charge in [0, 0.05) is 29.9 Å². The van der Waals surface area contributed by atoms with Gasteiger partial charge in [0.2, 0.25) is 0 Å². The molecule has 2 rings (SSSR count). The van der Waals surface area contributed by atoms with Crippen LogP contribution >= 0.6 is 11.6 Å². The molecule has 1 heterocycles. The van der Waals surface area contributed by atoms with Crippen LogP contribution in [0.1, 0.15) is 13.3 Å². The summed E-state index contributed by atoms with van der Waals surface area (Å²) in [6, 6.07) is 5.44. The molecule has 0 atom stereocenters. The van der Waals surface area contributed by atoms with Crippen LogP contribution in [0.4, 0.5) is 11.4 Å². The van der Waals surface area contributed by atoms with Crippen molar-refractivity contribution in [1.82, 2.24) is 0 Å². The second kappa shape index (κ2) is 5.42. The largest absolute Gasteiger partial charge is 0.360 e. The first-order chi connectivity index (χ1) is 8.67. The van der Waals surface area contributed by atoms with Crippen molar-refractivity contribution < 1.29 is 4.79 Å². The minimum Gasteiger partial charge on any atom is -0.360 e. The molecule has 18 heavy (non-hydrogen) atoms. The van der Waals surface area contributed by atoms with Crippen molar-refractivity contribution in [3.63, 3.8) is 0 Å². The number of anilines is 2. The van der Waals surface area contributed by atoms with E-state index in [1.54, 1.807) is 23.2 Å². The van der Waals surface area contributed by atoms with Gasteiger partial charge in [0.05, 0.1) is 11.4 Å². The molecule has 1 aromatic rings. The van der Waals surface area contributed by atoms with Crippen LogP contribution in [0.25, 0.3) is 0 Å². The lowest BCUT2D eigenvalue weighted by atomic mass is 10.2. The van der Waals surface area contributed by atoms with Crippen LogP contribution in [0, 0.1) is 0 Å². The van der Waals surface area contributed by atoms with Crippen molar-refractivity contribution in [2.24, 2.45) is 5.73 Å². The number of fused-ring (bicyclic) bond motifs is 1. The lowest BCUT2D eigenvalue weighted by Gasteiger charge is -2.23. The molecular formula is C13H16ClN3O. The summed E-state index contributed by atoms with van der Waals surface area (Å²) in [5, 5.41) is 3.75. The highest BCUT2D eigenvalue weighted by Gasteiger charge is 2.23. The predicted octanol–water partition coefficient (Wildman–Crippen LogP) is 2.35. The molecule has 0 unspecified atom stereocenters. The summed E-state index contributed by atoms with van der Waals surface area (Å²) in [6.07, 6.45) is 2.43. The van der Waals surface area contributed by atoms with E-state index >= 15 is 0 Å². The minimum absolute atomic E-state index is 0.0172. The van der Waals surface area contributed by atoms with Gasteiger partial charge in [-0.3, -0.25) is 4.79 Å². The molecule has 96 valence electrons. The highest BCUT2D eigenvalue weighted by atomic mass is 35.5. The third-order valence-electron chi connectivity index (χ3n) is 2.91. The van der Waals surface area contributed by atoms with Crippen LogP contribution in [0.15, 0.2) is 30.0 Å². The monoisotopic (exact) mass is 265 g/mol. The van der Waals surface area contributed by atoms with Gasteiger partial charge in [-0.25, -0.2) is 0 Å². The molecule has 0 saturated carbocycles. The van der Waals surface area contributed by atoms with Crippen LogP contribution in [0.2, 0.25) is 5.02 Å². The quantitative estimate of drug-likeness (QED) is 0.882. The van der Waals surface area contributed by atoms with Crippen LogP contribution in [-0.4, -0.2) is 19.0 Å². The van der Waals surface area contributed by atoms with Gasteiger partial charge in [-0.1, -0.05) is 18.5 Å². The first kappa shape index (κ1) is 12.9. The first-order valence-electron chi connectivity index (χ1n) is 5.94. The first-order valence-corrected chi connectivity index (χ1v) is 6.32. The molecule has 0 aliphatic carbocycles. The average Bonchev–Trinajstić information content (AvgIpc) is 2.49. The molecule has 1 aromatic carbocycles. The molecule has 5 heteroatoms. The number of nitrogens with two attached hydrogens (primary N) is 1. The fourth-order valence-electron chi connectivity index (χ4n) is 1.96. The Labute approximate surface area is 111 Å². The fourth-order valence-corrected chi connectivity index (χ4v) is 2.13. The van der Waals surface area contributed by atoms with E-state index in [9.17, 15) is 4.79 Å². The van der Waals surface area contributed by atoms with Crippen molar-refractivity contribution in [3.05, 3.63) is 35.0 Å². The Hall–Kier alpha value is -1.52. The molecule has 1 amide bonds. The molecule has 0 radical (unpaired) electrons. The van der Waals surface area contributed by atoms with E-state index < -0.39 is 0 Å². The van der Waals surface area contributed by atoms with Crippen LogP contribution in [0.3, 0.4) is 0 Å². The van der Waals surface area contributed by atoms with Crippen molar-refractivity contribution in [3.8, 4) is 0 Å². The van der Waals surface area contributed by atoms with E-state index in [1.165, 1.54) is 0 Å². The van der Waals surface area contributed by atoms with Crippen LogP contribution in [-0.2, 0) is 4.79 Å². The standard InChI is InChI=1S/C13H16ClN3O/c1-2-9-8-16-11-4-3-10(14)7-12(11)17(6-5-15)13(9)18/h3-4,7-8,16H,2,5-6,15H2,1H3. The number of rotatable bonds is 3. The summed E-state index contributed by atoms with van der Waals surface area (Å²) in [4.78, 5) is 14.0. The van der Waals surface area contributed by atoms with E-state index in [0.717, 1.165) is 16.9 Å².